The zero-order valence-corrected chi connectivity index (χ0v) is 7.96. The molecule has 2 aliphatic carbocycles. The number of nitrogens with one attached hydrogen (secondary N) is 1. The van der Waals surface area contributed by atoms with Gasteiger partial charge < -0.3 is 5.32 Å². The lowest BCUT2D eigenvalue weighted by atomic mass is 9.64. The minimum absolute atomic E-state index is 0.314. The van der Waals surface area contributed by atoms with Gasteiger partial charge in [-0.25, -0.2) is 0 Å². The molecule has 2 aliphatic heterocycles. The fourth-order valence-corrected chi connectivity index (χ4v) is 3.82. The zero-order valence-electron chi connectivity index (χ0n) is 7.96. The molecule has 2 unspecified atom stereocenters. The highest BCUT2D eigenvalue weighted by Gasteiger charge is 2.39. The van der Waals surface area contributed by atoms with Gasteiger partial charge in [-0.3, -0.25) is 4.79 Å². The Balaban J connectivity index is 1.86. The smallest absolute Gasteiger partial charge is 0.220 e. The summed E-state index contributed by atoms with van der Waals surface area (Å²) in [6.45, 7) is 0. The molecule has 0 spiro atoms. The van der Waals surface area contributed by atoms with E-state index in [0.29, 0.717) is 17.9 Å². The van der Waals surface area contributed by atoms with Crippen molar-refractivity contribution in [1.82, 2.24) is 5.32 Å². The van der Waals surface area contributed by atoms with E-state index < -0.39 is 0 Å². The molecule has 4 rings (SSSR count). The maximum absolute atomic E-state index is 11.5. The molecule has 2 heteroatoms. The predicted molar refractivity (Wildman–Crippen MR) is 50.1 cm³/mol. The average Bonchev–Trinajstić information content (AvgIpc) is 1.99. The molecule has 0 aromatic rings. The number of carbonyl (C=O) groups is 1. The molecular weight excluding hydrogens is 162 g/mol. The molecule has 2 saturated heterocycles. The second-order valence-electron chi connectivity index (χ2n) is 5.25. The molecular formula is C11H17NO. The first-order chi connectivity index (χ1) is 6.29. The van der Waals surface area contributed by atoms with Crippen molar-refractivity contribution in [3.05, 3.63) is 0 Å². The van der Waals surface area contributed by atoms with Crippen LogP contribution in [0.3, 0.4) is 0 Å². The maximum Gasteiger partial charge on any atom is 0.220 e. The van der Waals surface area contributed by atoms with Gasteiger partial charge in [0.25, 0.3) is 0 Å². The molecule has 4 bridgehead atoms. The Morgan fingerprint density at radius 1 is 0.923 bits per heavy atom. The van der Waals surface area contributed by atoms with E-state index in [4.69, 9.17) is 0 Å². The summed E-state index contributed by atoms with van der Waals surface area (Å²) < 4.78 is 0. The summed E-state index contributed by atoms with van der Waals surface area (Å²) in [4.78, 5) is 11.5. The van der Waals surface area contributed by atoms with Crippen LogP contribution in [0.5, 0.6) is 0 Å². The molecule has 0 aromatic carbocycles. The summed E-state index contributed by atoms with van der Waals surface area (Å²) >= 11 is 0. The second-order valence-corrected chi connectivity index (χ2v) is 5.25. The van der Waals surface area contributed by atoms with E-state index in [1.165, 1.54) is 32.1 Å². The summed E-state index contributed by atoms with van der Waals surface area (Å²) in [6.07, 6.45) is 7.45. The van der Waals surface area contributed by atoms with Crippen LogP contribution in [0.15, 0.2) is 0 Å². The first-order valence-electron chi connectivity index (χ1n) is 5.59. The zero-order chi connectivity index (χ0) is 8.84. The summed E-state index contributed by atoms with van der Waals surface area (Å²) in [5.41, 5.74) is 0. The molecule has 13 heavy (non-hydrogen) atoms. The number of carbonyl (C=O) groups excluding carboxylic acids is 1. The lowest BCUT2D eigenvalue weighted by Crippen LogP contribution is -2.47. The Morgan fingerprint density at radius 2 is 1.54 bits per heavy atom. The number of amides is 1. The minimum atomic E-state index is 0.314. The SMILES string of the molecule is O=C1CC2CC3CC(C2)CC(C3)N1. The van der Waals surface area contributed by atoms with Crippen LogP contribution in [0, 0.1) is 17.8 Å². The van der Waals surface area contributed by atoms with E-state index in [1.54, 1.807) is 0 Å². The van der Waals surface area contributed by atoms with Crippen molar-refractivity contribution in [2.75, 3.05) is 0 Å². The summed E-state index contributed by atoms with van der Waals surface area (Å²) in [6, 6.07) is 0.525. The molecule has 4 aliphatic rings. The van der Waals surface area contributed by atoms with Crippen molar-refractivity contribution in [2.45, 2.75) is 44.6 Å². The number of hydrogen-bond acceptors (Lipinski definition) is 1. The summed E-state index contributed by atoms with van der Waals surface area (Å²) in [5.74, 6) is 2.89. The van der Waals surface area contributed by atoms with Crippen molar-refractivity contribution in [1.29, 1.82) is 0 Å². The van der Waals surface area contributed by atoms with E-state index in [0.717, 1.165) is 18.3 Å². The highest BCUT2D eigenvalue weighted by molar-refractivity contribution is 5.76. The molecule has 72 valence electrons. The first kappa shape index (κ1) is 7.84. The quantitative estimate of drug-likeness (QED) is 0.602. The van der Waals surface area contributed by atoms with E-state index in [2.05, 4.69) is 5.32 Å². The Labute approximate surface area is 79.1 Å². The standard InChI is InChI=1S/C11H17NO/c13-11-6-9-2-7-1-8(3-9)5-10(4-7)12-11/h7-10H,1-6H2,(H,12,13). The van der Waals surface area contributed by atoms with Gasteiger partial charge in [0.1, 0.15) is 0 Å². The topological polar surface area (TPSA) is 29.1 Å². The van der Waals surface area contributed by atoms with Gasteiger partial charge in [0.2, 0.25) is 5.91 Å². The third-order valence-corrected chi connectivity index (χ3v) is 4.07. The van der Waals surface area contributed by atoms with Gasteiger partial charge in [-0.05, 0) is 49.9 Å². The van der Waals surface area contributed by atoms with Gasteiger partial charge in [0.05, 0.1) is 0 Å². The van der Waals surface area contributed by atoms with Crippen LogP contribution in [-0.2, 0) is 4.79 Å². The van der Waals surface area contributed by atoms with E-state index in [9.17, 15) is 4.79 Å². The van der Waals surface area contributed by atoms with E-state index in [-0.39, 0.29) is 0 Å². The maximum atomic E-state index is 11.5. The average molecular weight is 179 g/mol. The van der Waals surface area contributed by atoms with Crippen LogP contribution < -0.4 is 5.32 Å². The normalized spacial score (nSPS) is 48.5. The van der Waals surface area contributed by atoms with Crippen molar-refractivity contribution in [3.63, 3.8) is 0 Å². The molecule has 1 N–H and O–H groups in total. The summed E-state index contributed by atoms with van der Waals surface area (Å²) in [7, 11) is 0. The fourth-order valence-electron chi connectivity index (χ4n) is 3.82. The monoisotopic (exact) mass is 179 g/mol. The molecule has 0 radical (unpaired) electrons. The Morgan fingerprint density at radius 3 is 2.23 bits per heavy atom. The van der Waals surface area contributed by atoms with Crippen LogP contribution in [0.1, 0.15) is 38.5 Å². The summed E-state index contributed by atoms with van der Waals surface area (Å²) in [5, 5.41) is 3.17. The Bertz CT molecular complexity index is 204. The van der Waals surface area contributed by atoms with Crippen molar-refractivity contribution >= 4 is 5.91 Å². The van der Waals surface area contributed by atoms with Crippen LogP contribution in [0.2, 0.25) is 0 Å². The van der Waals surface area contributed by atoms with Gasteiger partial charge in [-0.15, -0.1) is 0 Å². The lowest BCUT2D eigenvalue weighted by molar-refractivity contribution is -0.125. The fraction of sp³-hybridized carbons (Fsp3) is 0.909. The Hall–Kier alpha value is -0.530. The highest BCUT2D eigenvalue weighted by Crippen LogP contribution is 2.44. The number of rotatable bonds is 0. The van der Waals surface area contributed by atoms with Gasteiger partial charge >= 0.3 is 0 Å². The Kier molecular flexibility index (Phi) is 1.64. The molecule has 1 amide bonds. The van der Waals surface area contributed by atoms with Crippen LogP contribution in [0.25, 0.3) is 0 Å². The molecule has 2 saturated carbocycles. The minimum Gasteiger partial charge on any atom is -0.353 e. The molecule has 2 nitrogen and oxygen atoms in total. The second kappa shape index (κ2) is 2.73. The van der Waals surface area contributed by atoms with Crippen LogP contribution >= 0.6 is 0 Å². The number of hydrogen-bond donors (Lipinski definition) is 1. The first-order valence-corrected chi connectivity index (χ1v) is 5.59. The van der Waals surface area contributed by atoms with Crippen LogP contribution in [-0.4, -0.2) is 11.9 Å². The van der Waals surface area contributed by atoms with Crippen LogP contribution in [0.4, 0.5) is 0 Å². The van der Waals surface area contributed by atoms with Gasteiger partial charge in [-0.2, -0.15) is 0 Å². The van der Waals surface area contributed by atoms with Gasteiger partial charge in [0, 0.05) is 12.5 Å². The van der Waals surface area contributed by atoms with Crippen molar-refractivity contribution in [2.24, 2.45) is 17.8 Å². The molecule has 2 atom stereocenters. The number of fused-ring (bicyclic) bond motifs is 2. The third-order valence-electron chi connectivity index (χ3n) is 4.07. The van der Waals surface area contributed by atoms with Crippen molar-refractivity contribution < 1.29 is 4.79 Å². The lowest BCUT2D eigenvalue weighted by Gasteiger charge is -2.45. The van der Waals surface area contributed by atoms with Crippen molar-refractivity contribution in [3.8, 4) is 0 Å². The van der Waals surface area contributed by atoms with E-state index in [1.807, 2.05) is 0 Å². The predicted octanol–water partition coefficient (Wildman–Crippen LogP) is 1.70. The molecule has 0 aromatic heterocycles. The molecule has 4 fully saturated rings. The highest BCUT2D eigenvalue weighted by atomic mass is 16.1. The van der Waals surface area contributed by atoms with E-state index >= 15 is 0 Å². The van der Waals surface area contributed by atoms with Gasteiger partial charge in [0.15, 0.2) is 0 Å². The van der Waals surface area contributed by atoms with Gasteiger partial charge in [-0.1, -0.05) is 0 Å². The third kappa shape index (κ3) is 1.36. The largest absolute Gasteiger partial charge is 0.353 e. The molecule has 2 heterocycles.